The van der Waals surface area contributed by atoms with Gasteiger partial charge < -0.3 is 9.72 Å². The van der Waals surface area contributed by atoms with E-state index in [-0.39, 0.29) is 5.91 Å². The maximum Gasteiger partial charge on any atom is 0.275 e. The second kappa shape index (κ2) is 5.21. The van der Waals surface area contributed by atoms with E-state index < -0.39 is 0 Å². The number of hydrogen-bond acceptors (Lipinski definition) is 3. The third kappa shape index (κ3) is 2.53. The van der Waals surface area contributed by atoms with Crippen molar-refractivity contribution in [2.75, 3.05) is 5.32 Å². The fourth-order valence-electron chi connectivity index (χ4n) is 2.53. The summed E-state index contributed by atoms with van der Waals surface area (Å²) in [5.74, 6) is -0.247. The van der Waals surface area contributed by atoms with E-state index >= 15 is 0 Å². The first-order valence-electron chi connectivity index (χ1n) is 7.30. The zero-order valence-electron chi connectivity index (χ0n) is 12.5. The van der Waals surface area contributed by atoms with Crippen LogP contribution in [0.5, 0.6) is 0 Å². The lowest BCUT2D eigenvalue weighted by Gasteiger charge is -2.04. The lowest BCUT2D eigenvalue weighted by atomic mass is 10.2. The predicted molar refractivity (Wildman–Crippen MR) is 89.6 cm³/mol. The van der Waals surface area contributed by atoms with Crippen molar-refractivity contribution in [2.45, 2.75) is 6.92 Å². The lowest BCUT2D eigenvalue weighted by Crippen LogP contribution is -2.12. The van der Waals surface area contributed by atoms with Gasteiger partial charge in [0, 0.05) is 17.8 Å². The van der Waals surface area contributed by atoms with Crippen LogP contribution < -0.4 is 5.32 Å². The first-order chi connectivity index (χ1) is 11.2. The van der Waals surface area contributed by atoms with Gasteiger partial charge in [-0.05, 0) is 36.8 Å². The van der Waals surface area contributed by atoms with Crippen LogP contribution >= 0.6 is 0 Å². The molecule has 3 heterocycles. The molecular formula is C18H14N4O. The maximum atomic E-state index is 12.4. The van der Waals surface area contributed by atoms with Crippen LogP contribution in [0, 0.1) is 6.92 Å². The van der Waals surface area contributed by atoms with Gasteiger partial charge >= 0.3 is 0 Å². The fourth-order valence-corrected chi connectivity index (χ4v) is 2.53. The summed E-state index contributed by atoms with van der Waals surface area (Å²) in [6.45, 7) is 2.00. The molecule has 0 radical (unpaired) electrons. The molecule has 4 rings (SSSR count). The van der Waals surface area contributed by atoms with Crippen LogP contribution in [-0.2, 0) is 0 Å². The molecule has 0 aliphatic carbocycles. The van der Waals surface area contributed by atoms with E-state index in [1.165, 1.54) is 0 Å². The molecule has 0 aliphatic rings. The minimum atomic E-state index is -0.247. The Kier molecular flexibility index (Phi) is 3.05. The first-order valence-corrected chi connectivity index (χ1v) is 7.30. The average Bonchev–Trinajstić information content (AvgIpc) is 2.98. The van der Waals surface area contributed by atoms with Crippen molar-refractivity contribution in [2.24, 2.45) is 0 Å². The standard InChI is InChI=1S/C18H14N4O/c1-12-6-7-22-11-16(21-17(22)8-12)18(23)20-14-9-13-4-2-3-5-15(13)19-10-14/h2-11H,1H3,(H,20,23). The van der Waals surface area contributed by atoms with Gasteiger partial charge in [-0.1, -0.05) is 18.2 Å². The van der Waals surface area contributed by atoms with Crippen molar-refractivity contribution in [1.82, 2.24) is 14.4 Å². The SMILES string of the molecule is Cc1ccn2cc(C(=O)Nc3cnc4ccccc4c3)nc2c1. The van der Waals surface area contributed by atoms with Crippen molar-refractivity contribution >= 4 is 28.1 Å². The number of nitrogens with one attached hydrogen (secondary N) is 1. The Morgan fingerprint density at radius 1 is 1.17 bits per heavy atom. The van der Waals surface area contributed by atoms with Gasteiger partial charge in [0.05, 0.1) is 17.4 Å². The van der Waals surface area contributed by atoms with Crippen LogP contribution in [0.25, 0.3) is 16.6 Å². The number of carbonyl (C=O) groups excluding carboxylic acids is 1. The van der Waals surface area contributed by atoms with Crippen molar-refractivity contribution in [3.8, 4) is 0 Å². The first kappa shape index (κ1) is 13.5. The summed E-state index contributed by atoms with van der Waals surface area (Å²) in [5.41, 5.74) is 3.79. The molecule has 3 aromatic heterocycles. The predicted octanol–water partition coefficient (Wildman–Crippen LogP) is 3.44. The molecule has 1 amide bonds. The Balaban J connectivity index is 1.64. The number of benzene rings is 1. The molecule has 1 N–H and O–H groups in total. The van der Waals surface area contributed by atoms with Gasteiger partial charge in [0.25, 0.3) is 5.91 Å². The largest absolute Gasteiger partial charge is 0.319 e. The Morgan fingerprint density at radius 3 is 2.96 bits per heavy atom. The highest BCUT2D eigenvalue weighted by Crippen LogP contribution is 2.17. The van der Waals surface area contributed by atoms with E-state index in [2.05, 4.69) is 15.3 Å². The summed E-state index contributed by atoms with van der Waals surface area (Å²) in [4.78, 5) is 21.1. The second-order valence-corrected chi connectivity index (χ2v) is 5.47. The highest BCUT2D eigenvalue weighted by molar-refractivity contribution is 6.03. The van der Waals surface area contributed by atoms with E-state index in [0.717, 1.165) is 22.1 Å². The third-order valence-electron chi connectivity index (χ3n) is 3.70. The fraction of sp³-hybridized carbons (Fsp3) is 0.0556. The van der Waals surface area contributed by atoms with E-state index in [9.17, 15) is 4.79 Å². The lowest BCUT2D eigenvalue weighted by molar-refractivity contribution is 0.102. The molecule has 0 unspecified atom stereocenters. The number of imidazole rings is 1. The molecule has 5 heteroatoms. The van der Waals surface area contributed by atoms with E-state index in [1.807, 2.05) is 60.0 Å². The Labute approximate surface area is 132 Å². The molecule has 0 spiro atoms. The summed E-state index contributed by atoms with van der Waals surface area (Å²) in [6, 6.07) is 13.6. The van der Waals surface area contributed by atoms with Gasteiger partial charge in [0.2, 0.25) is 0 Å². The molecule has 0 atom stereocenters. The summed E-state index contributed by atoms with van der Waals surface area (Å²) in [6.07, 6.45) is 5.27. The minimum Gasteiger partial charge on any atom is -0.319 e. The summed E-state index contributed by atoms with van der Waals surface area (Å²) in [5, 5.41) is 3.83. The Bertz CT molecular complexity index is 1040. The van der Waals surface area contributed by atoms with Crippen LogP contribution in [0.15, 0.2) is 61.1 Å². The zero-order chi connectivity index (χ0) is 15.8. The van der Waals surface area contributed by atoms with E-state index in [4.69, 9.17) is 0 Å². The van der Waals surface area contributed by atoms with Crippen LogP contribution in [0.2, 0.25) is 0 Å². The number of hydrogen-bond donors (Lipinski definition) is 1. The zero-order valence-corrected chi connectivity index (χ0v) is 12.5. The number of aromatic nitrogens is 3. The average molecular weight is 302 g/mol. The van der Waals surface area contributed by atoms with Crippen molar-refractivity contribution in [3.05, 3.63) is 72.3 Å². The van der Waals surface area contributed by atoms with Gasteiger partial charge in [-0.15, -0.1) is 0 Å². The number of rotatable bonds is 2. The number of pyridine rings is 2. The molecular weight excluding hydrogens is 288 g/mol. The maximum absolute atomic E-state index is 12.4. The number of para-hydroxylation sites is 1. The smallest absolute Gasteiger partial charge is 0.275 e. The molecule has 5 nitrogen and oxygen atoms in total. The molecule has 23 heavy (non-hydrogen) atoms. The normalized spacial score (nSPS) is 11.0. The minimum absolute atomic E-state index is 0.247. The summed E-state index contributed by atoms with van der Waals surface area (Å²) >= 11 is 0. The van der Waals surface area contributed by atoms with Crippen molar-refractivity contribution in [3.63, 3.8) is 0 Å². The highest BCUT2D eigenvalue weighted by atomic mass is 16.1. The number of amides is 1. The van der Waals surface area contributed by atoms with Gasteiger partial charge in [0.15, 0.2) is 0 Å². The number of anilines is 1. The molecule has 112 valence electrons. The molecule has 0 bridgehead atoms. The number of nitrogens with zero attached hydrogens (tertiary/aromatic N) is 3. The van der Waals surface area contributed by atoms with Gasteiger partial charge in [-0.3, -0.25) is 9.78 Å². The van der Waals surface area contributed by atoms with Crippen LogP contribution in [-0.4, -0.2) is 20.3 Å². The van der Waals surface area contributed by atoms with E-state index in [0.29, 0.717) is 11.4 Å². The van der Waals surface area contributed by atoms with Crippen LogP contribution in [0.3, 0.4) is 0 Å². The number of aryl methyl sites for hydroxylation is 1. The van der Waals surface area contributed by atoms with Crippen LogP contribution in [0.1, 0.15) is 16.1 Å². The Morgan fingerprint density at radius 2 is 2.04 bits per heavy atom. The highest BCUT2D eigenvalue weighted by Gasteiger charge is 2.11. The van der Waals surface area contributed by atoms with E-state index in [1.54, 1.807) is 12.4 Å². The number of fused-ring (bicyclic) bond motifs is 2. The molecule has 1 aromatic carbocycles. The van der Waals surface area contributed by atoms with Crippen molar-refractivity contribution in [1.29, 1.82) is 0 Å². The quantitative estimate of drug-likeness (QED) is 0.617. The summed E-state index contributed by atoms with van der Waals surface area (Å²) < 4.78 is 1.83. The molecule has 0 saturated carbocycles. The van der Waals surface area contributed by atoms with Gasteiger partial charge in [-0.2, -0.15) is 0 Å². The molecule has 0 saturated heterocycles. The third-order valence-corrected chi connectivity index (χ3v) is 3.70. The molecule has 0 fully saturated rings. The van der Waals surface area contributed by atoms with Gasteiger partial charge in [-0.25, -0.2) is 4.98 Å². The summed E-state index contributed by atoms with van der Waals surface area (Å²) in [7, 11) is 0. The van der Waals surface area contributed by atoms with Crippen LogP contribution in [0.4, 0.5) is 5.69 Å². The molecule has 0 aliphatic heterocycles. The van der Waals surface area contributed by atoms with Crippen molar-refractivity contribution < 1.29 is 4.79 Å². The Hall–Kier alpha value is -3.21. The molecule has 4 aromatic rings. The monoisotopic (exact) mass is 302 g/mol. The number of carbonyl (C=O) groups is 1. The second-order valence-electron chi connectivity index (χ2n) is 5.47. The van der Waals surface area contributed by atoms with Gasteiger partial charge in [0.1, 0.15) is 11.3 Å². The topological polar surface area (TPSA) is 59.3 Å².